The predicted octanol–water partition coefficient (Wildman–Crippen LogP) is 0.0776. The molecule has 0 aromatic heterocycles. The summed E-state index contributed by atoms with van der Waals surface area (Å²) in [5.41, 5.74) is 0. The maximum Gasteiger partial charge on any atom is 0.279 e. The first kappa shape index (κ1) is 12.9. The fourth-order valence-electron chi connectivity index (χ4n) is 1.79. The highest BCUT2D eigenvalue weighted by Crippen LogP contribution is 2.18. The van der Waals surface area contributed by atoms with Crippen LogP contribution in [0.1, 0.15) is 32.6 Å². The van der Waals surface area contributed by atoms with Gasteiger partial charge in [0, 0.05) is 25.7 Å². The van der Waals surface area contributed by atoms with Crippen molar-refractivity contribution >= 4 is 10.2 Å². The summed E-state index contributed by atoms with van der Waals surface area (Å²) >= 11 is 0. The summed E-state index contributed by atoms with van der Waals surface area (Å²) in [5, 5.41) is 8.58. The van der Waals surface area contributed by atoms with Crippen LogP contribution in [0.3, 0.4) is 0 Å². The third-order valence-electron chi connectivity index (χ3n) is 2.67. The monoisotopic (exact) mass is 236 g/mol. The first-order chi connectivity index (χ1) is 7.08. The molecule has 1 aliphatic rings. The molecule has 1 unspecified atom stereocenters. The molecule has 0 aliphatic carbocycles. The van der Waals surface area contributed by atoms with Gasteiger partial charge in [0.05, 0.1) is 0 Å². The molecule has 1 heterocycles. The number of hydrogen-bond acceptors (Lipinski definition) is 3. The zero-order valence-electron chi connectivity index (χ0n) is 9.15. The summed E-state index contributed by atoms with van der Waals surface area (Å²) in [7, 11) is -3.33. The number of hydrogen-bond donors (Lipinski definition) is 2. The number of aliphatic hydroxyl groups is 1. The molecule has 1 aliphatic heterocycles. The molecule has 5 nitrogen and oxygen atoms in total. The van der Waals surface area contributed by atoms with Crippen LogP contribution < -0.4 is 4.72 Å². The molecule has 1 fully saturated rings. The molecule has 0 aromatic rings. The predicted molar refractivity (Wildman–Crippen MR) is 58.6 cm³/mol. The highest BCUT2D eigenvalue weighted by molar-refractivity contribution is 7.87. The number of nitrogens with one attached hydrogen (secondary N) is 1. The van der Waals surface area contributed by atoms with Crippen LogP contribution in [0.25, 0.3) is 0 Å². The lowest BCUT2D eigenvalue weighted by Crippen LogP contribution is -2.48. The molecule has 0 spiro atoms. The van der Waals surface area contributed by atoms with E-state index in [1.807, 2.05) is 6.92 Å². The smallest absolute Gasteiger partial charge is 0.279 e. The fraction of sp³-hybridized carbons (Fsp3) is 1.00. The van der Waals surface area contributed by atoms with Gasteiger partial charge in [0.1, 0.15) is 0 Å². The first-order valence-corrected chi connectivity index (χ1v) is 6.89. The zero-order chi connectivity index (χ0) is 11.3. The van der Waals surface area contributed by atoms with Crippen LogP contribution in [0.5, 0.6) is 0 Å². The molecule has 0 saturated carbocycles. The molecule has 1 rings (SSSR count). The van der Waals surface area contributed by atoms with Gasteiger partial charge in [0.2, 0.25) is 0 Å². The number of rotatable bonds is 5. The van der Waals surface area contributed by atoms with Crippen molar-refractivity contribution < 1.29 is 13.5 Å². The van der Waals surface area contributed by atoms with Gasteiger partial charge in [-0.25, -0.2) is 4.72 Å². The molecular weight excluding hydrogens is 216 g/mol. The van der Waals surface area contributed by atoms with E-state index in [4.69, 9.17) is 5.11 Å². The quantitative estimate of drug-likeness (QED) is 0.664. The van der Waals surface area contributed by atoms with Crippen molar-refractivity contribution in [3.05, 3.63) is 0 Å². The maximum atomic E-state index is 11.8. The summed E-state index contributed by atoms with van der Waals surface area (Å²) in [6, 6.07) is 0.0883. The highest BCUT2D eigenvalue weighted by atomic mass is 32.2. The molecule has 15 heavy (non-hydrogen) atoms. The second-order valence-corrected chi connectivity index (χ2v) is 5.64. The number of piperidine rings is 1. The molecule has 1 atom stereocenters. The maximum absolute atomic E-state index is 11.8. The van der Waals surface area contributed by atoms with E-state index in [1.54, 1.807) is 0 Å². The highest BCUT2D eigenvalue weighted by Gasteiger charge is 2.28. The van der Waals surface area contributed by atoms with E-state index in [-0.39, 0.29) is 12.6 Å². The molecule has 2 N–H and O–H groups in total. The van der Waals surface area contributed by atoms with Crippen LogP contribution in [0.2, 0.25) is 0 Å². The van der Waals surface area contributed by atoms with Gasteiger partial charge in [-0.2, -0.15) is 12.7 Å². The lowest BCUT2D eigenvalue weighted by molar-refractivity contribution is 0.263. The molecule has 0 bridgehead atoms. The van der Waals surface area contributed by atoms with Crippen molar-refractivity contribution in [1.29, 1.82) is 0 Å². The van der Waals surface area contributed by atoms with Crippen LogP contribution in [-0.2, 0) is 10.2 Å². The van der Waals surface area contributed by atoms with Crippen molar-refractivity contribution in [3.8, 4) is 0 Å². The largest absolute Gasteiger partial charge is 0.396 e. The van der Waals surface area contributed by atoms with Crippen LogP contribution in [0.4, 0.5) is 0 Å². The Bertz CT molecular complexity index is 279. The Morgan fingerprint density at radius 1 is 1.47 bits per heavy atom. The summed E-state index contributed by atoms with van der Waals surface area (Å²) in [6.07, 6.45) is 3.43. The summed E-state index contributed by atoms with van der Waals surface area (Å²) in [5.74, 6) is 0. The normalized spacial score (nSPS) is 24.3. The van der Waals surface area contributed by atoms with E-state index < -0.39 is 10.2 Å². The summed E-state index contributed by atoms with van der Waals surface area (Å²) < 4.78 is 27.6. The van der Waals surface area contributed by atoms with E-state index in [0.717, 1.165) is 19.3 Å². The van der Waals surface area contributed by atoms with E-state index >= 15 is 0 Å². The Labute approximate surface area is 91.7 Å². The minimum absolute atomic E-state index is 0.0120. The van der Waals surface area contributed by atoms with Crippen molar-refractivity contribution in [1.82, 2.24) is 9.03 Å². The summed E-state index contributed by atoms with van der Waals surface area (Å²) in [6.45, 7) is 2.86. The van der Waals surface area contributed by atoms with Gasteiger partial charge in [-0.15, -0.1) is 0 Å². The van der Waals surface area contributed by atoms with Crippen LogP contribution in [-0.4, -0.2) is 43.6 Å². The van der Waals surface area contributed by atoms with E-state index in [2.05, 4.69) is 4.72 Å². The SMILES string of the molecule is CC1CCCCN1S(=O)(=O)NCCCO. The molecule has 0 aromatic carbocycles. The molecular formula is C9H20N2O3S. The van der Waals surface area contributed by atoms with Crippen molar-refractivity contribution in [2.45, 2.75) is 38.6 Å². The zero-order valence-corrected chi connectivity index (χ0v) is 9.96. The van der Waals surface area contributed by atoms with Crippen molar-refractivity contribution in [3.63, 3.8) is 0 Å². The van der Waals surface area contributed by atoms with Crippen molar-refractivity contribution in [2.24, 2.45) is 0 Å². The van der Waals surface area contributed by atoms with Gasteiger partial charge in [0.25, 0.3) is 10.2 Å². The van der Waals surface area contributed by atoms with Crippen LogP contribution >= 0.6 is 0 Å². The fourth-order valence-corrected chi connectivity index (χ4v) is 3.31. The Hall–Kier alpha value is -0.170. The van der Waals surface area contributed by atoms with Crippen LogP contribution in [0, 0.1) is 0 Å². The number of nitrogens with zero attached hydrogens (tertiary/aromatic N) is 1. The Balaban J connectivity index is 2.51. The lowest BCUT2D eigenvalue weighted by Gasteiger charge is -2.32. The molecule has 0 amide bonds. The van der Waals surface area contributed by atoms with Gasteiger partial charge >= 0.3 is 0 Å². The topological polar surface area (TPSA) is 69.6 Å². The Morgan fingerprint density at radius 2 is 2.20 bits per heavy atom. The van der Waals surface area contributed by atoms with E-state index in [0.29, 0.717) is 19.5 Å². The molecule has 1 saturated heterocycles. The Morgan fingerprint density at radius 3 is 2.80 bits per heavy atom. The van der Waals surface area contributed by atoms with Crippen molar-refractivity contribution in [2.75, 3.05) is 19.7 Å². The van der Waals surface area contributed by atoms with Gasteiger partial charge in [0.15, 0.2) is 0 Å². The van der Waals surface area contributed by atoms with Gasteiger partial charge in [-0.05, 0) is 26.2 Å². The summed E-state index contributed by atoms with van der Waals surface area (Å²) in [4.78, 5) is 0. The molecule has 6 heteroatoms. The first-order valence-electron chi connectivity index (χ1n) is 5.45. The van der Waals surface area contributed by atoms with E-state index in [9.17, 15) is 8.42 Å². The molecule has 90 valence electrons. The van der Waals surface area contributed by atoms with Gasteiger partial charge in [-0.3, -0.25) is 0 Å². The average Bonchev–Trinajstić information content (AvgIpc) is 2.18. The minimum Gasteiger partial charge on any atom is -0.396 e. The number of aliphatic hydroxyl groups excluding tert-OH is 1. The second kappa shape index (κ2) is 5.79. The lowest BCUT2D eigenvalue weighted by atomic mass is 10.1. The second-order valence-electron chi connectivity index (χ2n) is 3.93. The van der Waals surface area contributed by atoms with Gasteiger partial charge in [-0.1, -0.05) is 6.42 Å². The van der Waals surface area contributed by atoms with Crippen LogP contribution in [0.15, 0.2) is 0 Å². The van der Waals surface area contributed by atoms with Gasteiger partial charge < -0.3 is 5.11 Å². The third kappa shape index (κ3) is 3.71. The standard InChI is InChI=1S/C9H20N2O3S/c1-9-5-2-3-7-11(9)15(13,14)10-6-4-8-12/h9-10,12H,2-8H2,1H3. The third-order valence-corrected chi connectivity index (χ3v) is 4.40. The minimum atomic E-state index is -3.33. The molecule has 0 radical (unpaired) electrons. The Kier molecular flexibility index (Phi) is 4.98. The average molecular weight is 236 g/mol. The van der Waals surface area contributed by atoms with E-state index in [1.165, 1.54) is 4.31 Å².